The van der Waals surface area contributed by atoms with Crippen molar-refractivity contribution in [1.29, 1.82) is 0 Å². The Kier molecular flexibility index (Phi) is 7.13. The Bertz CT molecular complexity index is 1220. The Hall–Kier alpha value is -3.52. The number of phenols is 1. The molecule has 1 amide bonds. The van der Waals surface area contributed by atoms with Gasteiger partial charge in [0.2, 0.25) is 0 Å². The van der Waals surface area contributed by atoms with Crippen molar-refractivity contribution in [3.63, 3.8) is 0 Å². The topological polar surface area (TPSA) is 96.9 Å². The van der Waals surface area contributed by atoms with Gasteiger partial charge >= 0.3 is 0 Å². The Morgan fingerprint density at radius 3 is 2.78 bits per heavy atom. The highest BCUT2D eigenvalue weighted by atomic mass is 16.5. The molecular formula is C28H33N3O5. The Morgan fingerprint density at radius 2 is 2.03 bits per heavy atom. The van der Waals surface area contributed by atoms with Crippen LogP contribution >= 0.6 is 0 Å². The van der Waals surface area contributed by atoms with E-state index in [1.165, 1.54) is 0 Å². The first-order valence-corrected chi connectivity index (χ1v) is 12.8. The molecule has 2 aromatic carbocycles. The number of benzene rings is 2. The van der Waals surface area contributed by atoms with Gasteiger partial charge in [-0.1, -0.05) is 31.5 Å². The third-order valence-corrected chi connectivity index (χ3v) is 6.79. The summed E-state index contributed by atoms with van der Waals surface area (Å²) in [5.74, 6) is 1.33. The smallest absolute Gasteiger partial charge is 0.273 e. The molecule has 5 rings (SSSR count). The van der Waals surface area contributed by atoms with Gasteiger partial charge in [-0.05, 0) is 56.0 Å². The van der Waals surface area contributed by atoms with Gasteiger partial charge in [-0.15, -0.1) is 0 Å². The van der Waals surface area contributed by atoms with E-state index in [9.17, 15) is 9.90 Å². The van der Waals surface area contributed by atoms with Crippen molar-refractivity contribution in [2.45, 2.75) is 51.7 Å². The fourth-order valence-corrected chi connectivity index (χ4v) is 5.03. The molecule has 190 valence electrons. The van der Waals surface area contributed by atoms with Crippen LogP contribution in [0.5, 0.6) is 17.2 Å². The number of hydrogen-bond donors (Lipinski definition) is 2. The van der Waals surface area contributed by atoms with Gasteiger partial charge in [0.15, 0.2) is 11.5 Å². The molecule has 36 heavy (non-hydrogen) atoms. The molecular weight excluding hydrogens is 458 g/mol. The Labute approximate surface area is 211 Å². The van der Waals surface area contributed by atoms with Gasteiger partial charge < -0.3 is 24.2 Å². The zero-order valence-corrected chi connectivity index (χ0v) is 20.8. The van der Waals surface area contributed by atoms with E-state index in [1.807, 2.05) is 42.2 Å². The lowest BCUT2D eigenvalue weighted by atomic mass is 9.95. The van der Waals surface area contributed by atoms with Gasteiger partial charge in [0.05, 0.1) is 25.4 Å². The van der Waals surface area contributed by atoms with Crippen molar-refractivity contribution in [2.75, 3.05) is 26.4 Å². The summed E-state index contributed by atoms with van der Waals surface area (Å²) < 4.78 is 17.8. The van der Waals surface area contributed by atoms with E-state index in [4.69, 9.17) is 14.2 Å². The molecule has 0 radical (unpaired) electrons. The molecule has 2 aliphatic heterocycles. The van der Waals surface area contributed by atoms with E-state index in [0.29, 0.717) is 54.8 Å². The molecule has 3 heterocycles. The highest BCUT2D eigenvalue weighted by molar-refractivity contribution is 6.00. The maximum Gasteiger partial charge on any atom is 0.273 e. The number of unbranched alkanes of at least 4 members (excludes halogenated alkanes) is 1. The number of aromatic nitrogens is 2. The fraction of sp³-hybridized carbons (Fsp3) is 0.429. The zero-order valence-electron chi connectivity index (χ0n) is 20.8. The number of fused-ring (bicyclic) bond motifs is 1. The van der Waals surface area contributed by atoms with E-state index in [1.54, 1.807) is 12.1 Å². The van der Waals surface area contributed by atoms with Crippen molar-refractivity contribution < 1.29 is 24.1 Å². The summed E-state index contributed by atoms with van der Waals surface area (Å²) in [7, 11) is 0. The summed E-state index contributed by atoms with van der Waals surface area (Å²) in [6, 6.07) is 12.5. The number of H-pyrrole nitrogens is 1. The molecule has 1 fully saturated rings. The summed E-state index contributed by atoms with van der Waals surface area (Å²) in [6.45, 7) is 6.37. The van der Waals surface area contributed by atoms with Crippen molar-refractivity contribution in [3.05, 3.63) is 59.3 Å². The van der Waals surface area contributed by atoms with Gasteiger partial charge in [0.1, 0.15) is 17.1 Å². The number of carbonyl (C=O) groups is 1. The van der Waals surface area contributed by atoms with Crippen molar-refractivity contribution in [3.8, 4) is 28.5 Å². The number of rotatable bonds is 10. The van der Waals surface area contributed by atoms with E-state index < -0.39 is 6.04 Å². The Balaban J connectivity index is 1.59. The van der Waals surface area contributed by atoms with Crippen LogP contribution in [-0.4, -0.2) is 58.6 Å². The van der Waals surface area contributed by atoms with Crippen LogP contribution < -0.4 is 9.47 Å². The minimum absolute atomic E-state index is 0.00925. The minimum Gasteiger partial charge on any atom is -0.507 e. The average molecular weight is 492 g/mol. The number of aromatic amines is 1. The number of aromatic hydroxyl groups is 1. The van der Waals surface area contributed by atoms with Crippen LogP contribution in [0.1, 0.15) is 67.2 Å². The molecule has 0 unspecified atom stereocenters. The van der Waals surface area contributed by atoms with Gasteiger partial charge in [0.25, 0.3) is 5.91 Å². The number of carbonyl (C=O) groups excluding carboxylic acids is 1. The highest BCUT2D eigenvalue weighted by Crippen LogP contribution is 2.46. The zero-order chi connectivity index (χ0) is 25.1. The van der Waals surface area contributed by atoms with Crippen LogP contribution in [0.2, 0.25) is 0 Å². The molecule has 3 aromatic rings. The number of amides is 1. The molecule has 0 aliphatic carbocycles. The first-order chi connectivity index (χ1) is 17.6. The summed E-state index contributed by atoms with van der Waals surface area (Å²) >= 11 is 0. The van der Waals surface area contributed by atoms with Gasteiger partial charge in [-0.2, -0.15) is 5.10 Å². The molecule has 2 aliphatic rings. The standard InChI is InChI=1S/C28H33N3O5/c1-3-5-14-36-22-13-12-18(16-23(22)34-4-2)27-24-25(20-10-6-7-11-21(20)32)29-30-26(24)28(33)31(27)17-19-9-8-15-35-19/h6-7,10-13,16,19,27,32H,3-5,8-9,14-15,17H2,1-2H3,(H,29,30)/t19-,27-/m1/s1. The SMILES string of the molecule is CCCCOc1ccc([C@@H]2c3c(-c4ccccc4O)n[nH]c3C(=O)N2C[C@H]2CCCO2)cc1OCC. The maximum absolute atomic E-state index is 13.6. The van der Waals surface area contributed by atoms with Crippen LogP contribution in [0.4, 0.5) is 0 Å². The van der Waals surface area contributed by atoms with E-state index in [-0.39, 0.29) is 17.8 Å². The second-order valence-corrected chi connectivity index (χ2v) is 9.21. The first-order valence-electron chi connectivity index (χ1n) is 12.8. The van der Waals surface area contributed by atoms with Crippen LogP contribution in [0.15, 0.2) is 42.5 Å². The molecule has 1 aromatic heterocycles. The van der Waals surface area contributed by atoms with Crippen LogP contribution in [0.3, 0.4) is 0 Å². The molecule has 2 N–H and O–H groups in total. The quantitative estimate of drug-likeness (QED) is 0.384. The molecule has 0 saturated carbocycles. The van der Waals surface area contributed by atoms with Crippen molar-refractivity contribution in [1.82, 2.24) is 15.1 Å². The summed E-state index contributed by atoms with van der Waals surface area (Å²) in [6.07, 6.45) is 3.91. The normalized spacial score (nSPS) is 19.1. The van der Waals surface area contributed by atoms with Gasteiger partial charge in [-0.25, -0.2) is 0 Å². The highest BCUT2D eigenvalue weighted by Gasteiger charge is 2.44. The van der Waals surface area contributed by atoms with Crippen molar-refractivity contribution >= 4 is 5.91 Å². The number of hydrogen-bond acceptors (Lipinski definition) is 6. The number of phenolic OH excluding ortho intramolecular Hbond substituents is 1. The molecule has 0 spiro atoms. The van der Waals surface area contributed by atoms with E-state index >= 15 is 0 Å². The third-order valence-electron chi connectivity index (χ3n) is 6.79. The lowest BCUT2D eigenvalue weighted by Gasteiger charge is -2.29. The molecule has 0 bridgehead atoms. The molecule has 2 atom stereocenters. The maximum atomic E-state index is 13.6. The first kappa shape index (κ1) is 24.2. The van der Waals surface area contributed by atoms with Crippen LogP contribution in [0.25, 0.3) is 11.3 Å². The second-order valence-electron chi connectivity index (χ2n) is 9.21. The van der Waals surface area contributed by atoms with Gasteiger partial charge in [0, 0.05) is 24.3 Å². The number of para-hydroxylation sites is 1. The fourth-order valence-electron chi connectivity index (χ4n) is 5.03. The third kappa shape index (κ3) is 4.53. The van der Waals surface area contributed by atoms with Crippen LogP contribution in [-0.2, 0) is 4.74 Å². The van der Waals surface area contributed by atoms with E-state index in [2.05, 4.69) is 17.1 Å². The summed E-state index contributed by atoms with van der Waals surface area (Å²) in [4.78, 5) is 15.5. The summed E-state index contributed by atoms with van der Waals surface area (Å²) in [5, 5.41) is 18.0. The lowest BCUT2D eigenvalue weighted by molar-refractivity contribution is 0.0495. The average Bonchev–Trinajstić information content (AvgIpc) is 3.60. The lowest BCUT2D eigenvalue weighted by Crippen LogP contribution is -2.36. The number of nitrogens with zero attached hydrogens (tertiary/aromatic N) is 2. The van der Waals surface area contributed by atoms with Crippen molar-refractivity contribution in [2.24, 2.45) is 0 Å². The minimum atomic E-state index is -0.408. The number of nitrogens with one attached hydrogen (secondary N) is 1. The molecule has 8 nitrogen and oxygen atoms in total. The summed E-state index contributed by atoms with van der Waals surface area (Å²) in [5.41, 5.74) is 3.23. The molecule has 1 saturated heterocycles. The Morgan fingerprint density at radius 1 is 1.17 bits per heavy atom. The van der Waals surface area contributed by atoms with Crippen LogP contribution in [0, 0.1) is 0 Å². The predicted octanol–water partition coefficient (Wildman–Crippen LogP) is 5.08. The number of ether oxygens (including phenoxy) is 3. The largest absolute Gasteiger partial charge is 0.507 e. The van der Waals surface area contributed by atoms with Gasteiger partial charge in [-0.3, -0.25) is 9.89 Å². The molecule has 8 heteroatoms. The predicted molar refractivity (Wildman–Crippen MR) is 136 cm³/mol. The monoisotopic (exact) mass is 491 g/mol. The second kappa shape index (κ2) is 10.6. The van der Waals surface area contributed by atoms with E-state index in [0.717, 1.165) is 36.8 Å².